The van der Waals surface area contributed by atoms with Gasteiger partial charge < -0.3 is 4.74 Å². The lowest BCUT2D eigenvalue weighted by Gasteiger charge is -2.12. The fraction of sp³-hybridized carbons (Fsp3) is 0.0714. The first-order valence-electron chi connectivity index (χ1n) is 5.90. The molecule has 0 amide bonds. The minimum Gasteiger partial charge on any atom is -0.477 e. The number of halogens is 1. The number of hydrogen-bond donors (Lipinski definition) is 1. The number of sulfonamides is 1. The minimum absolute atomic E-state index is 0.178. The number of ether oxygens (including phenoxy) is 1. The Labute approximate surface area is 121 Å². The standard InChI is InChI=1S/C14H11FN2O3S/c15-11-4-3-5-12(10-11)21(18,19)17-13-6-1-2-7-14(13)20-9-8-16/h1-7,10,17H,9H2. The molecule has 2 aromatic rings. The molecule has 21 heavy (non-hydrogen) atoms. The molecule has 7 heteroatoms. The predicted molar refractivity (Wildman–Crippen MR) is 74.8 cm³/mol. The molecule has 0 aliphatic heterocycles. The van der Waals surface area contributed by atoms with Gasteiger partial charge in [0.05, 0.1) is 10.6 Å². The van der Waals surface area contributed by atoms with Crippen LogP contribution in [-0.2, 0) is 10.0 Å². The Kier molecular flexibility index (Phi) is 4.40. The van der Waals surface area contributed by atoms with Crippen molar-refractivity contribution in [2.75, 3.05) is 11.3 Å². The van der Waals surface area contributed by atoms with Gasteiger partial charge in [-0.1, -0.05) is 18.2 Å². The van der Waals surface area contributed by atoms with Crippen LogP contribution in [0.15, 0.2) is 53.4 Å². The van der Waals surface area contributed by atoms with Gasteiger partial charge in [0.2, 0.25) is 0 Å². The fourth-order valence-corrected chi connectivity index (χ4v) is 2.73. The number of nitriles is 1. The van der Waals surface area contributed by atoms with Crippen LogP contribution >= 0.6 is 0 Å². The van der Waals surface area contributed by atoms with Gasteiger partial charge in [0.25, 0.3) is 10.0 Å². The zero-order chi connectivity index (χ0) is 15.3. The van der Waals surface area contributed by atoms with E-state index < -0.39 is 15.8 Å². The molecule has 2 aromatic carbocycles. The molecule has 0 atom stereocenters. The highest BCUT2D eigenvalue weighted by atomic mass is 32.2. The molecular formula is C14H11FN2O3S. The molecule has 0 heterocycles. The van der Waals surface area contributed by atoms with Crippen molar-refractivity contribution in [2.45, 2.75) is 4.90 Å². The summed E-state index contributed by atoms with van der Waals surface area (Å²) >= 11 is 0. The van der Waals surface area contributed by atoms with E-state index in [4.69, 9.17) is 10.00 Å². The Balaban J connectivity index is 2.31. The first-order valence-corrected chi connectivity index (χ1v) is 7.38. The third-order valence-electron chi connectivity index (χ3n) is 2.53. The molecule has 0 radical (unpaired) electrons. The monoisotopic (exact) mass is 306 g/mol. The highest BCUT2D eigenvalue weighted by molar-refractivity contribution is 7.92. The van der Waals surface area contributed by atoms with E-state index in [0.717, 1.165) is 12.1 Å². The summed E-state index contributed by atoms with van der Waals surface area (Å²) in [5.41, 5.74) is 0.178. The molecule has 0 aromatic heterocycles. The topological polar surface area (TPSA) is 79.2 Å². The summed E-state index contributed by atoms with van der Waals surface area (Å²) in [6.07, 6.45) is 0. The Morgan fingerprint density at radius 2 is 1.95 bits per heavy atom. The average molecular weight is 306 g/mol. The second-order valence-corrected chi connectivity index (χ2v) is 5.69. The van der Waals surface area contributed by atoms with E-state index in [2.05, 4.69) is 4.72 Å². The van der Waals surface area contributed by atoms with Crippen LogP contribution in [0.4, 0.5) is 10.1 Å². The van der Waals surface area contributed by atoms with E-state index in [1.165, 1.54) is 24.3 Å². The highest BCUT2D eigenvalue weighted by Crippen LogP contribution is 2.26. The highest BCUT2D eigenvalue weighted by Gasteiger charge is 2.17. The largest absolute Gasteiger partial charge is 0.477 e. The third kappa shape index (κ3) is 3.70. The second kappa shape index (κ2) is 6.24. The maximum Gasteiger partial charge on any atom is 0.262 e. The van der Waals surface area contributed by atoms with Gasteiger partial charge in [-0.25, -0.2) is 12.8 Å². The van der Waals surface area contributed by atoms with Crippen molar-refractivity contribution in [3.63, 3.8) is 0 Å². The zero-order valence-corrected chi connectivity index (χ0v) is 11.6. The second-order valence-electron chi connectivity index (χ2n) is 4.01. The number of nitrogens with zero attached hydrogens (tertiary/aromatic N) is 1. The van der Waals surface area contributed by atoms with E-state index in [1.807, 2.05) is 0 Å². The van der Waals surface area contributed by atoms with Crippen molar-refractivity contribution in [2.24, 2.45) is 0 Å². The van der Waals surface area contributed by atoms with Crippen LogP contribution in [0.5, 0.6) is 5.75 Å². The van der Waals surface area contributed by atoms with Crippen molar-refractivity contribution in [1.82, 2.24) is 0 Å². The SMILES string of the molecule is N#CCOc1ccccc1NS(=O)(=O)c1cccc(F)c1. The maximum absolute atomic E-state index is 13.1. The normalized spacial score (nSPS) is 10.7. The molecule has 0 aliphatic rings. The molecule has 0 fully saturated rings. The number of nitrogens with one attached hydrogen (secondary N) is 1. The van der Waals surface area contributed by atoms with Crippen LogP contribution in [0.2, 0.25) is 0 Å². The Morgan fingerprint density at radius 1 is 1.19 bits per heavy atom. The van der Waals surface area contributed by atoms with E-state index >= 15 is 0 Å². The summed E-state index contributed by atoms with van der Waals surface area (Å²) in [6, 6.07) is 12.7. The van der Waals surface area contributed by atoms with Crippen molar-refractivity contribution >= 4 is 15.7 Å². The van der Waals surface area contributed by atoms with Gasteiger partial charge in [-0.05, 0) is 30.3 Å². The summed E-state index contributed by atoms with van der Waals surface area (Å²) in [4.78, 5) is -0.197. The number of hydrogen-bond acceptors (Lipinski definition) is 4. The van der Waals surface area contributed by atoms with Gasteiger partial charge in [0, 0.05) is 0 Å². The van der Waals surface area contributed by atoms with Gasteiger partial charge in [-0.3, -0.25) is 4.72 Å². The van der Waals surface area contributed by atoms with Gasteiger partial charge in [-0.15, -0.1) is 0 Å². The molecule has 0 spiro atoms. The average Bonchev–Trinajstić information content (AvgIpc) is 2.46. The molecule has 0 saturated heterocycles. The molecule has 0 saturated carbocycles. The van der Waals surface area contributed by atoms with E-state index in [-0.39, 0.29) is 22.9 Å². The minimum atomic E-state index is -3.94. The fourth-order valence-electron chi connectivity index (χ4n) is 1.62. The number of rotatable bonds is 5. The number of benzene rings is 2. The van der Waals surface area contributed by atoms with Crippen molar-refractivity contribution in [3.05, 3.63) is 54.3 Å². The zero-order valence-electron chi connectivity index (χ0n) is 10.8. The summed E-state index contributed by atoms with van der Waals surface area (Å²) < 4.78 is 44.9. The maximum atomic E-state index is 13.1. The quantitative estimate of drug-likeness (QED) is 0.920. The third-order valence-corrected chi connectivity index (χ3v) is 3.89. The van der Waals surface area contributed by atoms with Crippen LogP contribution < -0.4 is 9.46 Å². The predicted octanol–water partition coefficient (Wildman–Crippen LogP) is 2.53. The molecule has 0 bridgehead atoms. The first-order chi connectivity index (χ1) is 10.0. The van der Waals surface area contributed by atoms with Crippen molar-refractivity contribution in [3.8, 4) is 11.8 Å². The Morgan fingerprint density at radius 3 is 2.67 bits per heavy atom. The smallest absolute Gasteiger partial charge is 0.262 e. The van der Waals surface area contributed by atoms with Crippen LogP contribution in [0.1, 0.15) is 0 Å². The van der Waals surface area contributed by atoms with Crippen molar-refractivity contribution in [1.29, 1.82) is 5.26 Å². The van der Waals surface area contributed by atoms with Gasteiger partial charge >= 0.3 is 0 Å². The van der Waals surface area contributed by atoms with Gasteiger partial charge in [0.15, 0.2) is 6.61 Å². The summed E-state index contributed by atoms with van der Waals surface area (Å²) in [7, 11) is -3.94. The molecular weight excluding hydrogens is 295 g/mol. The first kappa shape index (κ1) is 14.8. The van der Waals surface area contributed by atoms with Crippen LogP contribution in [0.25, 0.3) is 0 Å². The summed E-state index contributed by atoms with van der Waals surface area (Å²) in [5.74, 6) is -0.425. The molecule has 1 N–H and O–H groups in total. The molecule has 5 nitrogen and oxygen atoms in total. The van der Waals surface area contributed by atoms with Crippen LogP contribution in [0.3, 0.4) is 0 Å². The van der Waals surface area contributed by atoms with Crippen LogP contribution in [0, 0.1) is 17.1 Å². The van der Waals surface area contributed by atoms with Gasteiger partial charge in [0.1, 0.15) is 17.6 Å². The molecule has 2 rings (SSSR count). The van der Waals surface area contributed by atoms with Crippen LogP contribution in [-0.4, -0.2) is 15.0 Å². The van der Waals surface area contributed by atoms with E-state index in [1.54, 1.807) is 18.2 Å². The van der Waals surface area contributed by atoms with E-state index in [0.29, 0.717) is 0 Å². The lowest BCUT2D eigenvalue weighted by Crippen LogP contribution is -2.14. The van der Waals surface area contributed by atoms with Crippen molar-refractivity contribution < 1.29 is 17.5 Å². The molecule has 0 unspecified atom stereocenters. The summed E-state index contributed by atoms with van der Waals surface area (Å²) in [5, 5.41) is 8.50. The number of para-hydroxylation sites is 2. The van der Waals surface area contributed by atoms with E-state index in [9.17, 15) is 12.8 Å². The summed E-state index contributed by atoms with van der Waals surface area (Å²) in [6.45, 7) is -0.210. The Bertz CT molecular complexity index is 785. The lowest BCUT2D eigenvalue weighted by molar-refractivity contribution is 0.370. The lowest BCUT2D eigenvalue weighted by atomic mass is 10.3. The van der Waals surface area contributed by atoms with Gasteiger partial charge in [-0.2, -0.15) is 5.26 Å². The molecule has 0 aliphatic carbocycles. The Hall–Kier alpha value is -2.59. The molecule has 108 valence electrons. The number of anilines is 1.